The van der Waals surface area contributed by atoms with E-state index in [1.54, 1.807) is 18.2 Å². The number of nitrogens with zero attached hydrogens (tertiary/aromatic N) is 2. The van der Waals surface area contributed by atoms with Crippen molar-refractivity contribution in [1.29, 1.82) is 0 Å². The van der Waals surface area contributed by atoms with Crippen molar-refractivity contribution in [3.05, 3.63) is 70.4 Å². The molecule has 0 saturated carbocycles. The van der Waals surface area contributed by atoms with Gasteiger partial charge >= 0.3 is 6.18 Å². The van der Waals surface area contributed by atoms with Crippen LogP contribution in [-0.4, -0.2) is 39.5 Å². The summed E-state index contributed by atoms with van der Waals surface area (Å²) in [5.74, 6) is 0.433. The maximum atomic E-state index is 13.2. The second-order valence-corrected chi connectivity index (χ2v) is 9.65. The predicted octanol–water partition coefficient (Wildman–Crippen LogP) is 4.57. The Bertz CT molecular complexity index is 1260. The third-order valence-corrected chi connectivity index (χ3v) is 7.01. The molecule has 0 aliphatic carbocycles. The summed E-state index contributed by atoms with van der Waals surface area (Å²) in [5, 5.41) is 5.55. The van der Waals surface area contributed by atoms with Gasteiger partial charge < -0.3 is 9.64 Å². The number of alkyl halides is 3. The molecule has 11 heteroatoms. The largest absolute Gasteiger partial charge is 0.495 e. The van der Waals surface area contributed by atoms with Crippen LogP contribution < -0.4 is 14.8 Å². The van der Waals surface area contributed by atoms with Crippen LogP contribution in [0.4, 0.5) is 18.9 Å². The molecule has 0 amide bonds. The number of halogens is 4. The fourth-order valence-electron chi connectivity index (χ4n) is 4.08. The van der Waals surface area contributed by atoms with Crippen molar-refractivity contribution in [2.24, 2.45) is 5.14 Å². The molecule has 2 aromatic carbocycles. The fourth-order valence-corrected chi connectivity index (χ4v) is 5.01. The zero-order chi connectivity index (χ0) is 24.0. The maximum absolute atomic E-state index is 13.2. The third kappa shape index (κ3) is 4.74. The average Bonchev–Trinajstić information content (AvgIpc) is 2.77. The average molecular weight is 500 g/mol. The number of methoxy groups -OCH3 is 1. The van der Waals surface area contributed by atoms with Crippen molar-refractivity contribution in [2.75, 3.05) is 31.6 Å². The van der Waals surface area contributed by atoms with Crippen molar-refractivity contribution < 1.29 is 26.3 Å². The Kier molecular flexibility index (Phi) is 6.21. The SMILES string of the molecule is COc1cc(-c2cccc(C(F)(F)F)c2)c(Cl)cc1N1CC=CC2=C1CCN(S(N)(=O)=O)C2. The molecule has 2 heterocycles. The smallest absolute Gasteiger partial charge is 0.416 e. The molecule has 0 atom stereocenters. The molecule has 0 aromatic heterocycles. The van der Waals surface area contributed by atoms with Crippen molar-refractivity contribution in [3.63, 3.8) is 0 Å². The van der Waals surface area contributed by atoms with Crippen LogP contribution >= 0.6 is 11.6 Å². The Morgan fingerprint density at radius 3 is 2.61 bits per heavy atom. The molecule has 2 N–H and O–H groups in total. The van der Waals surface area contributed by atoms with Crippen LogP contribution in [0.1, 0.15) is 12.0 Å². The summed E-state index contributed by atoms with van der Waals surface area (Å²) >= 11 is 6.54. The topological polar surface area (TPSA) is 75.9 Å². The highest BCUT2D eigenvalue weighted by molar-refractivity contribution is 7.86. The van der Waals surface area contributed by atoms with E-state index < -0.39 is 21.9 Å². The van der Waals surface area contributed by atoms with Gasteiger partial charge in [0, 0.05) is 37.3 Å². The van der Waals surface area contributed by atoms with Crippen LogP contribution in [0.5, 0.6) is 5.75 Å². The molecule has 6 nitrogen and oxygen atoms in total. The second-order valence-electron chi connectivity index (χ2n) is 7.70. The molecule has 0 unspecified atom stereocenters. The van der Waals surface area contributed by atoms with Gasteiger partial charge in [0.05, 0.1) is 23.4 Å². The first-order chi connectivity index (χ1) is 15.5. The fraction of sp³-hybridized carbons (Fsp3) is 0.273. The Labute approximate surface area is 194 Å². The van der Waals surface area contributed by atoms with Crippen LogP contribution in [0, 0.1) is 0 Å². The zero-order valence-electron chi connectivity index (χ0n) is 17.6. The molecule has 2 aliphatic heterocycles. The predicted molar refractivity (Wildman–Crippen MR) is 121 cm³/mol. The van der Waals surface area contributed by atoms with E-state index in [1.807, 2.05) is 17.1 Å². The standard InChI is InChI=1S/C22H21ClF3N3O3S/c1-32-21-11-17(14-4-2-6-16(10-14)22(24,25)26)18(23)12-20(21)29-8-3-5-15-13-28(33(27,30)31)9-7-19(15)29/h2-6,10-12H,7-9,13H2,1H3,(H2,27,30,31). The highest BCUT2D eigenvalue weighted by atomic mass is 35.5. The summed E-state index contributed by atoms with van der Waals surface area (Å²) in [7, 11) is -2.33. The van der Waals surface area contributed by atoms with Crippen molar-refractivity contribution in [3.8, 4) is 16.9 Å². The van der Waals surface area contributed by atoms with Crippen molar-refractivity contribution in [2.45, 2.75) is 12.6 Å². The van der Waals surface area contributed by atoms with Gasteiger partial charge in [-0.1, -0.05) is 35.9 Å². The lowest BCUT2D eigenvalue weighted by Crippen LogP contribution is -2.44. The molecule has 0 radical (unpaired) electrons. The van der Waals surface area contributed by atoms with Crippen LogP contribution in [0.25, 0.3) is 11.1 Å². The summed E-state index contributed by atoms with van der Waals surface area (Å²) in [4.78, 5) is 1.97. The molecular weight excluding hydrogens is 479 g/mol. The molecule has 176 valence electrons. The Hall–Kier alpha value is -2.53. The Morgan fingerprint density at radius 1 is 1.18 bits per heavy atom. The monoisotopic (exact) mass is 499 g/mol. The number of benzene rings is 2. The molecule has 2 aliphatic rings. The normalized spacial score (nSPS) is 17.3. The summed E-state index contributed by atoms with van der Waals surface area (Å²) in [6, 6.07) is 8.22. The molecule has 0 fully saturated rings. The lowest BCUT2D eigenvalue weighted by Gasteiger charge is -2.37. The van der Waals surface area contributed by atoms with E-state index in [0.29, 0.717) is 35.5 Å². The summed E-state index contributed by atoms with van der Waals surface area (Å²) in [6.07, 6.45) is -0.276. The first-order valence-electron chi connectivity index (χ1n) is 9.98. The van der Waals surface area contributed by atoms with Gasteiger partial charge in [0.2, 0.25) is 0 Å². The van der Waals surface area contributed by atoms with Gasteiger partial charge in [-0.05, 0) is 35.4 Å². The quantitative estimate of drug-likeness (QED) is 0.668. The van der Waals surface area contributed by atoms with Gasteiger partial charge in [-0.25, -0.2) is 5.14 Å². The van der Waals surface area contributed by atoms with Gasteiger partial charge in [0.1, 0.15) is 5.75 Å². The minimum atomic E-state index is -4.47. The molecule has 4 rings (SSSR count). The summed E-state index contributed by atoms with van der Waals surface area (Å²) in [5.41, 5.74) is 2.32. The summed E-state index contributed by atoms with van der Waals surface area (Å²) in [6.45, 7) is 0.893. The first-order valence-corrected chi connectivity index (χ1v) is 11.9. The van der Waals surface area contributed by atoms with Crippen molar-refractivity contribution in [1.82, 2.24) is 4.31 Å². The second kappa shape index (κ2) is 8.68. The van der Waals surface area contributed by atoms with Crippen LogP contribution in [-0.2, 0) is 16.4 Å². The van der Waals surface area contributed by atoms with Gasteiger partial charge in [-0.2, -0.15) is 25.9 Å². The molecule has 0 bridgehead atoms. The number of rotatable bonds is 4. The number of ether oxygens (including phenoxy) is 1. The molecule has 0 spiro atoms. The van der Waals surface area contributed by atoms with Crippen LogP contribution in [0.2, 0.25) is 5.02 Å². The Balaban J connectivity index is 1.74. The van der Waals surface area contributed by atoms with E-state index in [2.05, 4.69) is 0 Å². The number of hydrogen-bond acceptors (Lipinski definition) is 4. The third-order valence-electron chi connectivity index (χ3n) is 5.67. The van der Waals surface area contributed by atoms with Crippen LogP contribution in [0.3, 0.4) is 0 Å². The lowest BCUT2D eigenvalue weighted by atomic mass is 9.99. The van der Waals surface area contributed by atoms with E-state index >= 15 is 0 Å². The molecule has 2 aromatic rings. The van der Waals surface area contributed by atoms with E-state index in [9.17, 15) is 21.6 Å². The molecular formula is C22H21ClF3N3O3S. The minimum absolute atomic E-state index is 0.152. The minimum Gasteiger partial charge on any atom is -0.495 e. The lowest BCUT2D eigenvalue weighted by molar-refractivity contribution is -0.137. The van der Waals surface area contributed by atoms with Gasteiger partial charge in [0.15, 0.2) is 0 Å². The Morgan fingerprint density at radius 2 is 1.94 bits per heavy atom. The van der Waals surface area contributed by atoms with Crippen LogP contribution in [0.15, 0.2) is 59.8 Å². The van der Waals surface area contributed by atoms with E-state index in [4.69, 9.17) is 21.5 Å². The van der Waals surface area contributed by atoms with Gasteiger partial charge in [-0.3, -0.25) is 0 Å². The van der Waals surface area contributed by atoms with Crippen molar-refractivity contribution >= 4 is 27.5 Å². The van der Waals surface area contributed by atoms with E-state index in [0.717, 1.165) is 23.4 Å². The first kappa shape index (κ1) is 23.6. The van der Waals surface area contributed by atoms with E-state index in [-0.39, 0.29) is 18.1 Å². The maximum Gasteiger partial charge on any atom is 0.416 e. The zero-order valence-corrected chi connectivity index (χ0v) is 19.1. The molecule has 0 saturated heterocycles. The summed E-state index contributed by atoms with van der Waals surface area (Å²) < 4.78 is 69.8. The van der Waals surface area contributed by atoms with Gasteiger partial charge in [-0.15, -0.1) is 0 Å². The number of hydrogen-bond donors (Lipinski definition) is 1. The van der Waals surface area contributed by atoms with E-state index in [1.165, 1.54) is 17.5 Å². The highest BCUT2D eigenvalue weighted by Gasteiger charge is 2.32. The highest BCUT2D eigenvalue weighted by Crippen LogP contribution is 2.43. The molecule has 33 heavy (non-hydrogen) atoms. The number of anilines is 1. The van der Waals surface area contributed by atoms with Gasteiger partial charge in [0.25, 0.3) is 10.2 Å². The number of nitrogens with two attached hydrogens (primary N) is 1.